The Balaban J connectivity index is 2.36. The Kier molecular flexibility index (Phi) is 3.42. The topological polar surface area (TPSA) is 26.0 Å². The van der Waals surface area contributed by atoms with Gasteiger partial charge in [0.2, 0.25) is 0 Å². The zero-order valence-corrected chi connectivity index (χ0v) is 10.3. The van der Waals surface area contributed by atoms with Gasteiger partial charge in [0.15, 0.2) is 0 Å². The van der Waals surface area contributed by atoms with Gasteiger partial charge >= 0.3 is 0 Å². The Morgan fingerprint density at radius 2 is 1.56 bits per heavy atom. The highest BCUT2D eigenvalue weighted by Crippen LogP contribution is 2.25. The summed E-state index contributed by atoms with van der Waals surface area (Å²) in [7, 11) is 0. The maximum absolute atomic E-state index is 5.88. The van der Waals surface area contributed by atoms with Crippen molar-refractivity contribution in [1.29, 1.82) is 0 Å². The molecule has 2 aromatic carbocycles. The molecule has 0 radical (unpaired) electrons. The molecule has 0 aromatic heterocycles. The van der Waals surface area contributed by atoms with Crippen molar-refractivity contribution >= 4 is 32.2 Å². The summed E-state index contributed by atoms with van der Waals surface area (Å²) in [6.45, 7) is 0. The number of hydrogen-bond donors (Lipinski definition) is 1. The number of nitrogen functional groups attached to an aromatic ring is 1. The molecule has 2 rings (SSSR count). The molecule has 16 heavy (non-hydrogen) atoms. The fraction of sp³-hybridized carbons (Fsp3) is 0. The summed E-state index contributed by atoms with van der Waals surface area (Å²) in [5.74, 6) is 0. The molecular formula is C14H12BrN. The molecule has 80 valence electrons. The van der Waals surface area contributed by atoms with Crippen LogP contribution in [0.15, 0.2) is 54.6 Å². The van der Waals surface area contributed by atoms with Gasteiger partial charge in [-0.2, -0.15) is 0 Å². The van der Waals surface area contributed by atoms with E-state index in [9.17, 15) is 0 Å². The largest absolute Gasteiger partial charge is 0.398 e. The van der Waals surface area contributed by atoms with Crippen LogP contribution in [0.4, 0.5) is 5.69 Å². The number of halogens is 1. The first-order chi connectivity index (χ1) is 7.77. The minimum atomic E-state index is 0.787. The third kappa shape index (κ3) is 2.52. The Bertz CT molecular complexity index is 503. The van der Waals surface area contributed by atoms with Crippen LogP contribution in [0.3, 0.4) is 0 Å². The summed E-state index contributed by atoms with van der Waals surface area (Å²) in [6.07, 6.45) is 2.03. The van der Waals surface area contributed by atoms with Crippen molar-refractivity contribution in [3.8, 4) is 0 Å². The predicted octanol–water partition coefficient (Wildman–Crippen LogP) is 4.16. The zero-order valence-electron chi connectivity index (χ0n) is 8.73. The molecular weight excluding hydrogens is 262 g/mol. The minimum absolute atomic E-state index is 0.787. The summed E-state index contributed by atoms with van der Waals surface area (Å²) in [6, 6.07) is 17.9. The monoisotopic (exact) mass is 273 g/mol. The fourth-order valence-corrected chi connectivity index (χ4v) is 1.97. The van der Waals surface area contributed by atoms with Crippen molar-refractivity contribution in [3.05, 3.63) is 65.7 Å². The number of rotatable bonds is 2. The summed E-state index contributed by atoms with van der Waals surface area (Å²) >= 11 is 3.56. The summed E-state index contributed by atoms with van der Waals surface area (Å²) < 4.78 is 1.03. The number of benzene rings is 2. The summed E-state index contributed by atoms with van der Waals surface area (Å²) in [4.78, 5) is 0. The molecule has 0 spiro atoms. The van der Waals surface area contributed by atoms with Crippen LogP contribution in [0.25, 0.3) is 10.6 Å². The second-order valence-electron chi connectivity index (χ2n) is 3.49. The summed E-state index contributed by atoms with van der Waals surface area (Å²) in [5, 5.41) is 0. The van der Waals surface area contributed by atoms with Gasteiger partial charge in [0, 0.05) is 10.2 Å². The van der Waals surface area contributed by atoms with Gasteiger partial charge in [-0.1, -0.05) is 64.5 Å². The van der Waals surface area contributed by atoms with Crippen molar-refractivity contribution in [2.45, 2.75) is 0 Å². The normalized spacial score (nSPS) is 11.4. The molecule has 2 N–H and O–H groups in total. The van der Waals surface area contributed by atoms with Gasteiger partial charge in [0.25, 0.3) is 0 Å². The molecule has 0 atom stereocenters. The zero-order chi connectivity index (χ0) is 11.4. The van der Waals surface area contributed by atoms with Crippen LogP contribution in [-0.2, 0) is 0 Å². The van der Waals surface area contributed by atoms with Crippen LogP contribution >= 0.6 is 15.9 Å². The molecule has 0 heterocycles. The lowest BCUT2D eigenvalue weighted by molar-refractivity contribution is 1.63. The molecule has 0 aliphatic carbocycles. The van der Waals surface area contributed by atoms with Gasteiger partial charge in [0.05, 0.1) is 0 Å². The Hall–Kier alpha value is -1.54. The molecule has 0 aliphatic rings. The van der Waals surface area contributed by atoms with Crippen LogP contribution < -0.4 is 5.73 Å². The van der Waals surface area contributed by atoms with E-state index in [1.807, 2.05) is 48.5 Å². The lowest BCUT2D eigenvalue weighted by Crippen LogP contribution is -1.88. The van der Waals surface area contributed by atoms with E-state index in [1.165, 1.54) is 0 Å². The van der Waals surface area contributed by atoms with Crippen LogP contribution in [0.5, 0.6) is 0 Å². The lowest BCUT2D eigenvalue weighted by Gasteiger charge is -2.02. The van der Waals surface area contributed by atoms with Crippen LogP contribution in [0.1, 0.15) is 11.1 Å². The van der Waals surface area contributed by atoms with E-state index < -0.39 is 0 Å². The second-order valence-corrected chi connectivity index (χ2v) is 4.34. The Labute approximate surface area is 104 Å². The number of hydrogen-bond acceptors (Lipinski definition) is 1. The molecule has 1 nitrogen and oxygen atoms in total. The van der Waals surface area contributed by atoms with Crippen molar-refractivity contribution < 1.29 is 0 Å². The number of anilines is 1. The molecule has 2 heteroatoms. The Morgan fingerprint density at radius 1 is 0.938 bits per heavy atom. The first-order valence-corrected chi connectivity index (χ1v) is 5.84. The Morgan fingerprint density at radius 3 is 2.25 bits per heavy atom. The highest BCUT2D eigenvalue weighted by atomic mass is 79.9. The van der Waals surface area contributed by atoms with Crippen LogP contribution in [0.2, 0.25) is 0 Å². The molecule has 0 aliphatic heterocycles. The van der Waals surface area contributed by atoms with E-state index >= 15 is 0 Å². The molecule has 0 saturated heterocycles. The molecule has 0 saturated carbocycles. The van der Waals surface area contributed by atoms with Crippen LogP contribution in [-0.4, -0.2) is 0 Å². The predicted molar refractivity (Wildman–Crippen MR) is 74.1 cm³/mol. The van der Waals surface area contributed by atoms with E-state index in [-0.39, 0.29) is 0 Å². The average molecular weight is 274 g/mol. The van der Waals surface area contributed by atoms with Crippen molar-refractivity contribution in [2.75, 3.05) is 5.73 Å². The molecule has 0 amide bonds. The van der Waals surface area contributed by atoms with Gasteiger partial charge in [-0.15, -0.1) is 0 Å². The first kappa shape index (κ1) is 11.0. The van der Waals surface area contributed by atoms with Crippen molar-refractivity contribution in [1.82, 2.24) is 0 Å². The third-order valence-electron chi connectivity index (χ3n) is 2.33. The average Bonchev–Trinajstić information content (AvgIpc) is 2.33. The van der Waals surface area contributed by atoms with Crippen LogP contribution in [0, 0.1) is 0 Å². The smallest absolute Gasteiger partial charge is 0.0388 e. The molecule has 0 bridgehead atoms. The van der Waals surface area contributed by atoms with E-state index in [0.29, 0.717) is 0 Å². The third-order valence-corrected chi connectivity index (χ3v) is 3.01. The maximum Gasteiger partial charge on any atom is 0.0388 e. The molecule has 0 unspecified atom stereocenters. The van der Waals surface area contributed by atoms with Gasteiger partial charge in [-0.25, -0.2) is 0 Å². The van der Waals surface area contributed by atoms with Gasteiger partial charge in [0.1, 0.15) is 0 Å². The highest BCUT2D eigenvalue weighted by molar-refractivity contribution is 9.15. The molecule has 2 aromatic rings. The second kappa shape index (κ2) is 4.99. The van der Waals surface area contributed by atoms with E-state index in [4.69, 9.17) is 5.73 Å². The van der Waals surface area contributed by atoms with Crippen molar-refractivity contribution in [2.24, 2.45) is 0 Å². The van der Waals surface area contributed by atoms with Crippen molar-refractivity contribution in [3.63, 3.8) is 0 Å². The van der Waals surface area contributed by atoms with Gasteiger partial charge < -0.3 is 5.73 Å². The van der Waals surface area contributed by atoms with Gasteiger partial charge in [-0.3, -0.25) is 0 Å². The minimum Gasteiger partial charge on any atom is -0.398 e. The number of nitrogens with two attached hydrogens (primary N) is 1. The van der Waals surface area contributed by atoms with E-state index in [0.717, 1.165) is 21.3 Å². The van der Waals surface area contributed by atoms with E-state index in [2.05, 4.69) is 28.1 Å². The maximum atomic E-state index is 5.88. The van der Waals surface area contributed by atoms with Gasteiger partial charge in [-0.05, 0) is 23.3 Å². The molecule has 0 fully saturated rings. The SMILES string of the molecule is Nc1ccccc1/C=C(\Br)c1ccccc1. The quantitative estimate of drug-likeness (QED) is 0.645. The fourth-order valence-electron chi connectivity index (χ4n) is 1.46. The highest BCUT2D eigenvalue weighted by Gasteiger charge is 1.98. The first-order valence-electron chi connectivity index (χ1n) is 5.04. The summed E-state index contributed by atoms with van der Waals surface area (Å²) in [5.41, 5.74) is 8.84. The number of para-hydroxylation sites is 1. The van der Waals surface area contributed by atoms with E-state index in [1.54, 1.807) is 0 Å². The standard InChI is InChI=1S/C14H12BrN/c15-13(11-6-2-1-3-7-11)10-12-8-4-5-9-14(12)16/h1-10H,16H2/b13-10-. The lowest BCUT2D eigenvalue weighted by atomic mass is 10.1.